The Labute approximate surface area is 158 Å². The van der Waals surface area contributed by atoms with Crippen LogP contribution in [0.1, 0.15) is 31.7 Å². The van der Waals surface area contributed by atoms with E-state index in [1.165, 1.54) is 12.8 Å². The zero-order valence-electron chi connectivity index (χ0n) is 14.8. The van der Waals surface area contributed by atoms with E-state index in [4.69, 9.17) is 16.3 Å². The van der Waals surface area contributed by atoms with E-state index >= 15 is 0 Å². The number of nitrogens with one attached hydrogen (secondary N) is 1. The van der Waals surface area contributed by atoms with E-state index in [1.807, 2.05) is 24.0 Å². The van der Waals surface area contributed by atoms with Crippen LogP contribution in [0.15, 0.2) is 23.8 Å². The molecule has 0 spiro atoms. The number of ether oxygens (including phenoxy) is 1. The highest BCUT2D eigenvalue weighted by molar-refractivity contribution is 6.30. The molecule has 0 radical (unpaired) electrons. The molecule has 1 N–H and O–H groups in total. The fraction of sp³-hybridized carbons (Fsp3) is 0.500. The molecule has 1 saturated heterocycles. The summed E-state index contributed by atoms with van der Waals surface area (Å²) < 4.78 is 5.69. The second-order valence-electron chi connectivity index (χ2n) is 7.37. The lowest BCUT2D eigenvalue weighted by Crippen LogP contribution is -2.43. The van der Waals surface area contributed by atoms with Crippen molar-refractivity contribution in [2.45, 2.75) is 32.2 Å². The van der Waals surface area contributed by atoms with Crippen molar-refractivity contribution in [1.29, 1.82) is 0 Å². The van der Waals surface area contributed by atoms with E-state index in [-0.39, 0.29) is 24.5 Å². The molecule has 1 saturated carbocycles. The van der Waals surface area contributed by atoms with Gasteiger partial charge >= 0.3 is 0 Å². The van der Waals surface area contributed by atoms with Crippen LogP contribution < -0.4 is 10.1 Å². The van der Waals surface area contributed by atoms with Gasteiger partial charge < -0.3 is 15.0 Å². The first-order valence-electron chi connectivity index (χ1n) is 9.26. The van der Waals surface area contributed by atoms with Gasteiger partial charge in [-0.15, -0.1) is 0 Å². The van der Waals surface area contributed by atoms with Crippen molar-refractivity contribution in [2.24, 2.45) is 11.8 Å². The summed E-state index contributed by atoms with van der Waals surface area (Å²) >= 11 is 6.04. The summed E-state index contributed by atoms with van der Waals surface area (Å²) in [6, 6.07) is 5.41. The largest absolute Gasteiger partial charge is 0.488 e. The molecule has 2 heterocycles. The summed E-state index contributed by atoms with van der Waals surface area (Å²) in [6.07, 6.45) is 4.75. The first kappa shape index (κ1) is 17.4. The van der Waals surface area contributed by atoms with Crippen molar-refractivity contribution in [2.75, 3.05) is 19.7 Å². The summed E-state index contributed by atoms with van der Waals surface area (Å²) in [4.78, 5) is 26.8. The normalized spacial score (nSPS) is 24.5. The number of benzene rings is 1. The van der Waals surface area contributed by atoms with E-state index < -0.39 is 0 Å². The molecule has 0 aromatic heterocycles. The number of fused-ring (bicyclic) bond motifs is 1. The molecule has 2 amide bonds. The van der Waals surface area contributed by atoms with Crippen LogP contribution in [0.5, 0.6) is 5.75 Å². The topological polar surface area (TPSA) is 58.6 Å². The predicted molar refractivity (Wildman–Crippen MR) is 99.9 cm³/mol. The van der Waals surface area contributed by atoms with E-state index in [1.54, 1.807) is 12.1 Å². The fourth-order valence-electron chi connectivity index (χ4n) is 3.95. The maximum absolute atomic E-state index is 12.8. The minimum absolute atomic E-state index is 0.0205. The van der Waals surface area contributed by atoms with Crippen molar-refractivity contribution >= 4 is 29.5 Å². The molecule has 1 aliphatic carbocycles. The number of nitrogens with zero attached hydrogens (tertiary/aromatic N) is 1. The highest BCUT2D eigenvalue weighted by atomic mass is 35.5. The Morgan fingerprint density at radius 1 is 1.31 bits per heavy atom. The van der Waals surface area contributed by atoms with Gasteiger partial charge in [-0.25, -0.2) is 0 Å². The molecule has 1 aromatic carbocycles. The predicted octanol–water partition coefficient (Wildman–Crippen LogP) is 2.88. The minimum atomic E-state index is -0.114. The van der Waals surface area contributed by atoms with Gasteiger partial charge in [0.2, 0.25) is 5.91 Å². The summed E-state index contributed by atoms with van der Waals surface area (Å²) in [5.74, 6) is 1.78. The van der Waals surface area contributed by atoms with Gasteiger partial charge in [0.25, 0.3) is 5.91 Å². The number of rotatable bonds is 4. The Balaban J connectivity index is 1.48. The standard InChI is InChI=1S/C20H23ClN2O3/c1-2-19(24)23-9-16(12-3-4-12)17(10-23)22-20(25)14-7-13-8-15(21)5-6-18(13)26-11-14/h5-8,12,16-17H,2-4,9-11H2,1H3,(H,22,25)/t16-,17+/m1/s1. The highest BCUT2D eigenvalue weighted by Crippen LogP contribution is 2.41. The van der Waals surface area contributed by atoms with Crippen molar-refractivity contribution in [3.63, 3.8) is 0 Å². The Kier molecular flexibility index (Phi) is 4.65. The van der Waals surface area contributed by atoms with Gasteiger partial charge in [0.05, 0.1) is 11.6 Å². The van der Waals surface area contributed by atoms with Crippen LogP contribution in [0.4, 0.5) is 0 Å². The number of amides is 2. The van der Waals surface area contributed by atoms with Crippen LogP contribution in [0.25, 0.3) is 6.08 Å². The third-order valence-electron chi connectivity index (χ3n) is 5.54. The van der Waals surface area contributed by atoms with Crippen LogP contribution in [0.3, 0.4) is 0 Å². The van der Waals surface area contributed by atoms with Crippen molar-refractivity contribution in [3.8, 4) is 5.75 Å². The number of carbonyl (C=O) groups is 2. The Morgan fingerprint density at radius 2 is 2.12 bits per heavy atom. The van der Waals surface area contributed by atoms with Crippen LogP contribution in [0, 0.1) is 11.8 Å². The SMILES string of the molecule is CCC(=O)N1C[C@H](NC(=O)C2=Cc3cc(Cl)ccc3OC2)[C@@H](C2CC2)C1. The molecule has 138 valence electrons. The molecule has 3 aliphatic rings. The van der Waals surface area contributed by atoms with Gasteiger partial charge in [0, 0.05) is 36.0 Å². The average molecular weight is 375 g/mol. The monoisotopic (exact) mass is 374 g/mol. The number of likely N-dealkylation sites (tertiary alicyclic amines) is 1. The summed E-state index contributed by atoms with van der Waals surface area (Å²) in [7, 11) is 0. The van der Waals surface area contributed by atoms with E-state index in [0.717, 1.165) is 17.9 Å². The first-order chi connectivity index (χ1) is 12.5. The second kappa shape index (κ2) is 6.95. The number of hydrogen-bond donors (Lipinski definition) is 1. The average Bonchev–Trinajstić information content (AvgIpc) is 3.41. The fourth-order valence-corrected chi connectivity index (χ4v) is 4.13. The van der Waals surface area contributed by atoms with Gasteiger partial charge in [-0.3, -0.25) is 9.59 Å². The molecular weight excluding hydrogens is 352 g/mol. The van der Waals surface area contributed by atoms with Gasteiger partial charge in [-0.2, -0.15) is 0 Å². The molecule has 2 fully saturated rings. The first-order valence-corrected chi connectivity index (χ1v) is 9.64. The third-order valence-corrected chi connectivity index (χ3v) is 5.78. The molecule has 0 bridgehead atoms. The van der Waals surface area contributed by atoms with Crippen LogP contribution in [-0.2, 0) is 9.59 Å². The Hall–Kier alpha value is -2.01. The smallest absolute Gasteiger partial charge is 0.250 e. The molecule has 2 atom stereocenters. The molecule has 0 unspecified atom stereocenters. The van der Waals surface area contributed by atoms with Gasteiger partial charge in [0.15, 0.2) is 0 Å². The van der Waals surface area contributed by atoms with Crippen LogP contribution in [-0.4, -0.2) is 42.5 Å². The summed E-state index contributed by atoms with van der Waals surface area (Å²) in [6.45, 7) is 3.50. The molecule has 2 aliphatic heterocycles. The minimum Gasteiger partial charge on any atom is -0.488 e. The maximum Gasteiger partial charge on any atom is 0.250 e. The summed E-state index contributed by atoms with van der Waals surface area (Å²) in [5, 5.41) is 3.77. The number of carbonyl (C=O) groups excluding carboxylic acids is 2. The molecule has 4 rings (SSSR count). The molecular formula is C20H23ClN2O3. The highest BCUT2D eigenvalue weighted by Gasteiger charge is 2.44. The Bertz CT molecular complexity index is 772. The van der Waals surface area contributed by atoms with Gasteiger partial charge in [-0.05, 0) is 43.0 Å². The van der Waals surface area contributed by atoms with E-state index in [2.05, 4.69) is 5.32 Å². The zero-order chi connectivity index (χ0) is 18.3. The van der Waals surface area contributed by atoms with Crippen molar-refractivity contribution < 1.29 is 14.3 Å². The van der Waals surface area contributed by atoms with Crippen molar-refractivity contribution in [3.05, 3.63) is 34.4 Å². The molecule has 1 aromatic rings. The quantitative estimate of drug-likeness (QED) is 0.881. The lowest BCUT2D eigenvalue weighted by molar-refractivity contribution is -0.130. The molecule has 5 nitrogen and oxygen atoms in total. The van der Waals surface area contributed by atoms with E-state index in [0.29, 0.717) is 35.4 Å². The number of halogens is 1. The van der Waals surface area contributed by atoms with Gasteiger partial charge in [-0.1, -0.05) is 18.5 Å². The number of hydrogen-bond acceptors (Lipinski definition) is 3. The summed E-state index contributed by atoms with van der Waals surface area (Å²) in [5.41, 5.74) is 1.41. The van der Waals surface area contributed by atoms with Crippen molar-refractivity contribution in [1.82, 2.24) is 10.2 Å². The van der Waals surface area contributed by atoms with Crippen LogP contribution in [0.2, 0.25) is 5.02 Å². The Morgan fingerprint density at radius 3 is 2.85 bits per heavy atom. The molecule has 6 heteroatoms. The van der Waals surface area contributed by atoms with E-state index in [9.17, 15) is 9.59 Å². The molecule has 26 heavy (non-hydrogen) atoms. The second-order valence-corrected chi connectivity index (χ2v) is 7.81. The maximum atomic E-state index is 12.8. The lowest BCUT2D eigenvalue weighted by atomic mass is 9.97. The van der Waals surface area contributed by atoms with Crippen LogP contribution >= 0.6 is 11.6 Å². The third kappa shape index (κ3) is 3.45. The van der Waals surface area contributed by atoms with Gasteiger partial charge in [0.1, 0.15) is 12.4 Å². The zero-order valence-corrected chi connectivity index (χ0v) is 15.6. The lowest BCUT2D eigenvalue weighted by Gasteiger charge is -2.22.